The predicted molar refractivity (Wildman–Crippen MR) is 82.7 cm³/mol. The molecule has 1 heterocycles. The van der Waals surface area contributed by atoms with E-state index in [9.17, 15) is 0 Å². The lowest BCUT2D eigenvalue weighted by molar-refractivity contribution is 0.478. The first-order valence-electron chi connectivity index (χ1n) is 6.35. The molecule has 2 rings (SSSR count). The van der Waals surface area contributed by atoms with Gasteiger partial charge in [-0.1, -0.05) is 37.0 Å². The van der Waals surface area contributed by atoms with Crippen LogP contribution in [0.3, 0.4) is 0 Å². The Kier molecular flexibility index (Phi) is 5.24. The maximum atomic E-state index is 6.08. The van der Waals surface area contributed by atoms with Crippen LogP contribution in [0.1, 0.15) is 19.4 Å². The second kappa shape index (κ2) is 6.93. The van der Waals surface area contributed by atoms with Crippen molar-refractivity contribution in [3.05, 3.63) is 52.3 Å². The SMILES string of the molecule is CC(C)NCc1cncc(Oc2ccc(Cl)cc2Cl)c1. The summed E-state index contributed by atoms with van der Waals surface area (Å²) in [4.78, 5) is 4.17. The van der Waals surface area contributed by atoms with Gasteiger partial charge in [0.15, 0.2) is 0 Å². The van der Waals surface area contributed by atoms with E-state index in [0.29, 0.717) is 27.6 Å². The molecule has 0 aliphatic carbocycles. The number of hydrogen-bond acceptors (Lipinski definition) is 3. The van der Waals surface area contributed by atoms with Crippen LogP contribution in [0.15, 0.2) is 36.7 Å². The molecule has 0 unspecified atom stereocenters. The molecule has 0 saturated carbocycles. The molecule has 5 heteroatoms. The third-order valence-corrected chi connectivity index (χ3v) is 3.14. The number of ether oxygens (including phenoxy) is 1. The van der Waals surface area contributed by atoms with Gasteiger partial charge in [0.05, 0.1) is 11.2 Å². The first kappa shape index (κ1) is 15.1. The van der Waals surface area contributed by atoms with Crippen LogP contribution in [0, 0.1) is 0 Å². The highest BCUT2D eigenvalue weighted by molar-refractivity contribution is 6.35. The highest BCUT2D eigenvalue weighted by Crippen LogP contribution is 2.31. The van der Waals surface area contributed by atoms with Gasteiger partial charge in [0.25, 0.3) is 0 Å². The summed E-state index contributed by atoms with van der Waals surface area (Å²) in [5.74, 6) is 1.21. The molecule has 1 aromatic carbocycles. The van der Waals surface area contributed by atoms with Crippen LogP contribution in [-0.2, 0) is 6.54 Å². The van der Waals surface area contributed by atoms with Crippen LogP contribution >= 0.6 is 23.2 Å². The van der Waals surface area contributed by atoms with Crippen molar-refractivity contribution in [3.63, 3.8) is 0 Å². The lowest BCUT2D eigenvalue weighted by Gasteiger charge is -2.10. The van der Waals surface area contributed by atoms with E-state index in [0.717, 1.165) is 12.1 Å². The summed E-state index contributed by atoms with van der Waals surface area (Å²) < 4.78 is 5.73. The van der Waals surface area contributed by atoms with E-state index in [2.05, 4.69) is 24.1 Å². The number of rotatable bonds is 5. The smallest absolute Gasteiger partial charge is 0.146 e. The van der Waals surface area contributed by atoms with E-state index in [1.165, 1.54) is 0 Å². The zero-order chi connectivity index (χ0) is 14.5. The number of halogens is 2. The lowest BCUT2D eigenvalue weighted by Crippen LogP contribution is -2.21. The topological polar surface area (TPSA) is 34.2 Å². The Morgan fingerprint density at radius 2 is 2.00 bits per heavy atom. The quantitative estimate of drug-likeness (QED) is 0.870. The first-order valence-corrected chi connectivity index (χ1v) is 7.10. The van der Waals surface area contributed by atoms with Gasteiger partial charge in [-0.05, 0) is 29.8 Å². The number of aromatic nitrogens is 1. The molecule has 1 N–H and O–H groups in total. The van der Waals surface area contributed by atoms with E-state index in [-0.39, 0.29) is 0 Å². The van der Waals surface area contributed by atoms with E-state index in [4.69, 9.17) is 27.9 Å². The van der Waals surface area contributed by atoms with Crippen molar-refractivity contribution in [3.8, 4) is 11.5 Å². The van der Waals surface area contributed by atoms with Gasteiger partial charge in [-0.3, -0.25) is 4.98 Å². The molecule has 0 amide bonds. The van der Waals surface area contributed by atoms with Crippen LogP contribution in [0.2, 0.25) is 10.0 Å². The van der Waals surface area contributed by atoms with Gasteiger partial charge < -0.3 is 10.1 Å². The first-order chi connectivity index (χ1) is 9.54. The van der Waals surface area contributed by atoms with Crippen molar-refractivity contribution < 1.29 is 4.74 Å². The molecule has 3 nitrogen and oxygen atoms in total. The summed E-state index contributed by atoms with van der Waals surface area (Å²) >= 11 is 11.9. The molecule has 0 aliphatic rings. The van der Waals surface area contributed by atoms with E-state index < -0.39 is 0 Å². The molecular weight excluding hydrogens is 295 g/mol. The zero-order valence-electron chi connectivity index (χ0n) is 11.4. The minimum Gasteiger partial charge on any atom is -0.454 e. The highest BCUT2D eigenvalue weighted by Gasteiger charge is 2.05. The summed E-state index contributed by atoms with van der Waals surface area (Å²) in [6.07, 6.45) is 3.47. The number of pyridine rings is 1. The third-order valence-electron chi connectivity index (χ3n) is 2.61. The van der Waals surface area contributed by atoms with Crippen LogP contribution in [0.4, 0.5) is 0 Å². The average Bonchev–Trinajstić information content (AvgIpc) is 2.40. The largest absolute Gasteiger partial charge is 0.454 e. The Morgan fingerprint density at radius 3 is 2.70 bits per heavy atom. The Hall–Kier alpha value is -1.29. The van der Waals surface area contributed by atoms with Gasteiger partial charge >= 0.3 is 0 Å². The highest BCUT2D eigenvalue weighted by atomic mass is 35.5. The van der Waals surface area contributed by atoms with Crippen LogP contribution in [0.5, 0.6) is 11.5 Å². The monoisotopic (exact) mass is 310 g/mol. The number of benzene rings is 1. The van der Waals surface area contributed by atoms with Gasteiger partial charge in [-0.15, -0.1) is 0 Å². The molecular formula is C15H16Cl2N2O. The van der Waals surface area contributed by atoms with Crippen molar-refractivity contribution >= 4 is 23.2 Å². The molecule has 0 atom stereocenters. The normalized spacial score (nSPS) is 10.8. The summed E-state index contributed by atoms with van der Waals surface area (Å²) in [7, 11) is 0. The maximum Gasteiger partial charge on any atom is 0.146 e. The second-order valence-electron chi connectivity index (χ2n) is 4.74. The van der Waals surface area contributed by atoms with Gasteiger partial charge in [0.1, 0.15) is 11.5 Å². The second-order valence-corrected chi connectivity index (χ2v) is 5.58. The molecule has 1 aromatic heterocycles. The van der Waals surface area contributed by atoms with Crippen LogP contribution in [-0.4, -0.2) is 11.0 Å². The molecule has 0 aliphatic heterocycles. The minimum absolute atomic E-state index is 0.422. The Balaban J connectivity index is 2.11. The Morgan fingerprint density at radius 1 is 1.20 bits per heavy atom. The molecule has 20 heavy (non-hydrogen) atoms. The molecule has 0 radical (unpaired) electrons. The van der Waals surface area contributed by atoms with Crippen LogP contribution in [0.25, 0.3) is 0 Å². The average molecular weight is 311 g/mol. The number of nitrogens with zero attached hydrogens (tertiary/aromatic N) is 1. The Bertz CT molecular complexity index is 588. The lowest BCUT2D eigenvalue weighted by atomic mass is 10.2. The molecule has 0 saturated heterocycles. The summed E-state index contributed by atoms with van der Waals surface area (Å²) in [6.45, 7) is 4.94. The molecule has 0 bridgehead atoms. The fourth-order valence-corrected chi connectivity index (χ4v) is 2.07. The van der Waals surface area contributed by atoms with Crippen molar-refractivity contribution in [2.45, 2.75) is 26.4 Å². The van der Waals surface area contributed by atoms with E-state index >= 15 is 0 Å². The number of nitrogens with one attached hydrogen (secondary N) is 1. The van der Waals surface area contributed by atoms with Gasteiger partial charge in [0.2, 0.25) is 0 Å². The maximum absolute atomic E-state index is 6.08. The fraction of sp³-hybridized carbons (Fsp3) is 0.267. The minimum atomic E-state index is 0.422. The molecule has 2 aromatic rings. The number of hydrogen-bond donors (Lipinski definition) is 1. The molecule has 0 fully saturated rings. The summed E-state index contributed by atoms with van der Waals surface area (Å²) in [5.41, 5.74) is 1.06. The predicted octanol–water partition coefficient (Wildman–Crippen LogP) is 4.68. The van der Waals surface area contributed by atoms with Crippen molar-refractivity contribution in [1.82, 2.24) is 10.3 Å². The summed E-state index contributed by atoms with van der Waals surface area (Å²) in [5, 5.41) is 4.39. The standard InChI is InChI=1S/C15H16Cl2N2O/c1-10(2)19-8-11-5-13(9-18-7-11)20-15-4-3-12(16)6-14(15)17/h3-7,9-10,19H,8H2,1-2H3. The van der Waals surface area contributed by atoms with Crippen molar-refractivity contribution in [1.29, 1.82) is 0 Å². The molecule has 0 spiro atoms. The van der Waals surface area contributed by atoms with Gasteiger partial charge in [-0.25, -0.2) is 0 Å². The third kappa shape index (κ3) is 4.37. The van der Waals surface area contributed by atoms with E-state index in [1.54, 1.807) is 24.4 Å². The van der Waals surface area contributed by atoms with E-state index in [1.807, 2.05) is 12.3 Å². The van der Waals surface area contributed by atoms with Crippen molar-refractivity contribution in [2.24, 2.45) is 0 Å². The van der Waals surface area contributed by atoms with Gasteiger partial charge in [-0.2, -0.15) is 0 Å². The van der Waals surface area contributed by atoms with Crippen molar-refractivity contribution in [2.75, 3.05) is 0 Å². The fourth-order valence-electron chi connectivity index (χ4n) is 1.62. The Labute approximate surface area is 128 Å². The molecule has 106 valence electrons. The summed E-state index contributed by atoms with van der Waals surface area (Å²) in [6, 6.07) is 7.48. The van der Waals surface area contributed by atoms with Crippen LogP contribution < -0.4 is 10.1 Å². The zero-order valence-corrected chi connectivity index (χ0v) is 12.9. The van der Waals surface area contributed by atoms with Gasteiger partial charge in [0, 0.05) is 23.8 Å².